The fourth-order valence-corrected chi connectivity index (χ4v) is 3.03. The smallest absolute Gasteiger partial charge is 0.238 e. The van der Waals surface area contributed by atoms with E-state index in [2.05, 4.69) is 26.2 Å². The minimum atomic E-state index is -0.443. The zero-order valence-electron chi connectivity index (χ0n) is 11.1. The van der Waals surface area contributed by atoms with Crippen molar-refractivity contribution in [3.63, 3.8) is 0 Å². The summed E-state index contributed by atoms with van der Waals surface area (Å²) in [5.74, 6) is -0.278. The second-order valence-electron chi connectivity index (χ2n) is 4.27. The van der Waals surface area contributed by atoms with Crippen molar-refractivity contribution in [2.45, 2.75) is 11.7 Å². The lowest BCUT2D eigenvalue weighted by molar-refractivity contribution is -0.128. The summed E-state index contributed by atoms with van der Waals surface area (Å²) in [6, 6.07) is 7.31. The van der Waals surface area contributed by atoms with Crippen LogP contribution in [0.4, 0.5) is 5.69 Å². The molecule has 1 aliphatic rings. The van der Waals surface area contributed by atoms with Gasteiger partial charge in [-0.2, -0.15) is 0 Å². The number of thioether (sulfide) groups is 1. The number of hydrogen-bond donors (Lipinski definition) is 1. The second kappa shape index (κ2) is 6.41. The molecule has 1 heterocycles. The van der Waals surface area contributed by atoms with Crippen molar-refractivity contribution in [3.8, 4) is 0 Å². The van der Waals surface area contributed by atoms with Gasteiger partial charge in [-0.1, -0.05) is 27.7 Å². The van der Waals surface area contributed by atoms with Crippen molar-refractivity contribution in [3.05, 3.63) is 28.7 Å². The predicted molar refractivity (Wildman–Crippen MR) is 84.9 cm³/mol. The highest BCUT2D eigenvalue weighted by Crippen LogP contribution is 2.26. The molecule has 20 heavy (non-hydrogen) atoms. The van der Waals surface area contributed by atoms with E-state index in [0.29, 0.717) is 10.9 Å². The number of rotatable bonds is 2. The number of hydrogen-bond acceptors (Lipinski definition) is 4. The molecule has 0 aliphatic carbocycles. The lowest BCUT2D eigenvalue weighted by Gasteiger charge is -2.28. The van der Waals surface area contributed by atoms with Gasteiger partial charge in [-0.05, 0) is 24.3 Å². The second-order valence-corrected chi connectivity index (χ2v) is 6.35. The Balaban J connectivity index is 2.06. The van der Waals surface area contributed by atoms with Crippen LogP contribution in [-0.2, 0) is 9.59 Å². The molecule has 2 rings (SSSR count). The molecule has 5 nitrogen and oxygen atoms in total. The first-order chi connectivity index (χ1) is 9.51. The van der Waals surface area contributed by atoms with Gasteiger partial charge in [0.2, 0.25) is 11.8 Å². The molecule has 1 fully saturated rings. The summed E-state index contributed by atoms with van der Waals surface area (Å²) in [4.78, 5) is 29.5. The van der Waals surface area contributed by atoms with Gasteiger partial charge in [-0.3, -0.25) is 19.5 Å². The molecule has 0 aromatic heterocycles. The number of carbonyl (C=O) groups excluding carboxylic acids is 2. The predicted octanol–water partition coefficient (Wildman–Crippen LogP) is 2.34. The summed E-state index contributed by atoms with van der Waals surface area (Å²) in [6.07, 6.45) is 0.183. The van der Waals surface area contributed by atoms with E-state index in [1.165, 1.54) is 16.7 Å². The van der Waals surface area contributed by atoms with Crippen molar-refractivity contribution >= 4 is 50.4 Å². The Morgan fingerprint density at radius 1 is 1.45 bits per heavy atom. The monoisotopic (exact) mass is 355 g/mol. The number of aliphatic imine (C=N–C) groups is 1. The van der Waals surface area contributed by atoms with Gasteiger partial charge in [0.1, 0.15) is 5.25 Å². The Morgan fingerprint density at radius 2 is 2.10 bits per heavy atom. The lowest BCUT2D eigenvalue weighted by atomic mass is 10.2. The van der Waals surface area contributed by atoms with E-state index in [9.17, 15) is 9.59 Å². The van der Waals surface area contributed by atoms with Crippen molar-refractivity contribution < 1.29 is 9.59 Å². The number of anilines is 1. The number of amides is 2. The highest BCUT2D eigenvalue weighted by atomic mass is 79.9. The molecule has 0 spiro atoms. The summed E-state index contributed by atoms with van der Waals surface area (Å²) < 4.78 is 0.944. The normalized spacial score (nSPS) is 21.1. The van der Waals surface area contributed by atoms with Gasteiger partial charge in [-0.25, -0.2) is 0 Å². The zero-order valence-corrected chi connectivity index (χ0v) is 13.5. The van der Waals surface area contributed by atoms with Gasteiger partial charge >= 0.3 is 0 Å². The van der Waals surface area contributed by atoms with Crippen LogP contribution >= 0.6 is 27.7 Å². The topological polar surface area (TPSA) is 61.8 Å². The Kier molecular flexibility index (Phi) is 4.82. The maximum absolute atomic E-state index is 12.2. The first-order valence-electron chi connectivity index (χ1n) is 5.97. The summed E-state index contributed by atoms with van der Waals surface area (Å²) in [5.41, 5.74) is 0.708. The Labute approximate surface area is 129 Å². The summed E-state index contributed by atoms with van der Waals surface area (Å²) in [7, 11) is 3.28. The average Bonchev–Trinajstić information content (AvgIpc) is 2.44. The van der Waals surface area contributed by atoms with Crippen LogP contribution in [-0.4, -0.2) is 41.2 Å². The van der Waals surface area contributed by atoms with E-state index in [4.69, 9.17) is 0 Å². The molecule has 0 radical (unpaired) electrons. The molecule has 7 heteroatoms. The molecule has 0 bridgehead atoms. The summed E-state index contributed by atoms with van der Waals surface area (Å²) in [6.45, 7) is 0. The molecule has 1 saturated heterocycles. The molecule has 0 saturated carbocycles. The molecule has 106 valence electrons. The number of halogens is 1. The highest BCUT2D eigenvalue weighted by molar-refractivity contribution is 9.10. The van der Waals surface area contributed by atoms with Crippen molar-refractivity contribution in [1.82, 2.24) is 4.90 Å². The quantitative estimate of drug-likeness (QED) is 0.885. The minimum Gasteiger partial charge on any atom is -0.325 e. The third-order valence-corrected chi connectivity index (χ3v) is 4.73. The zero-order chi connectivity index (χ0) is 14.7. The first kappa shape index (κ1) is 15.1. The van der Waals surface area contributed by atoms with Gasteiger partial charge < -0.3 is 5.32 Å². The number of nitrogens with zero attached hydrogens (tertiary/aromatic N) is 2. The van der Waals surface area contributed by atoms with Crippen molar-refractivity contribution in [2.75, 3.05) is 19.4 Å². The van der Waals surface area contributed by atoms with Gasteiger partial charge in [0.05, 0.1) is 0 Å². The maximum atomic E-state index is 12.2. The molecule has 1 aromatic rings. The Hall–Kier alpha value is -1.34. The third-order valence-electron chi connectivity index (χ3n) is 2.86. The number of amidine groups is 1. The maximum Gasteiger partial charge on any atom is 0.238 e. The van der Waals surface area contributed by atoms with Crippen LogP contribution in [0.2, 0.25) is 0 Å². The molecule has 1 N–H and O–H groups in total. The molecule has 1 atom stereocenters. The Bertz CT molecular complexity index is 559. The number of nitrogens with one attached hydrogen (secondary N) is 1. The summed E-state index contributed by atoms with van der Waals surface area (Å²) in [5, 5.41) is 2.94. The molecule has 1 unspecified atom stereocenters. The fourth-order valence-electron chi connectivity index (χ4n) is 1.76. The standard InChI is InChI=1S/C13H14BrN3O2S/c1-15-13-17(2)11(18)7-10(20-13)12(19)16-9-5-3-8(14)4-6-9/h3-6,10H,7H2,1-2H3,(H,16,19). The van der Waals surface area contributed by atoms with E-state index in [1.54, 1.807) is 26.2 Å². The number of carbonyl (C=O) groups is 2. The Morgan fingerprint density at radius 3 is 2.70 bits per heavy atom. The lowest BCUT2D eigenvalue weighted by Crippen LogP contribution is -2.43. The van der Waals surface area contributed by atoms with Gasteiger partial charge in [0.15, 0.2) is 5.17 Å². The van der Waals surface area contributed by atoms with Crippen LogP contribution < -0.4 is 5.32 Å². The van der Waals surface area contributed by atoms with Crippen LogP contribution in [0.15, 0.2) is 33.7 Å². The van der Waals surface area contributed by atoms with E-state index < -0.39 is 5.25 Å². The largest absolute Gasteiger partial charge is 0.325 e. The highest BCUT2D eigenvalue weighted by Gasteiger charge is 2.33. The molecule has 1 aromatic carbocycles. The van der Waals surface area contributed by atoms with Gasteiger partial charge in [0.25, 0.3) is 0 Å². The summed E-state index contributed by atoms with van der Waals surface area (Å²) >= 11 is 4.64. The average molecular weight is 356 g/mol. The van der Waals surface area contributed by atoms with Crippen LogP contribution in [0.3, 0.4) is 0 Å². The number of benzene rings is 1. The van der Waals surface area contributed by atoms with Crippen molar-refractivity contribution in [2.24, 2.45) is 4.99 Å². The third kappa shape index (κ3) is 3.40. The molecular formula is C13H14BrN3O2S. The van der Waals surface area contributed by atoms with E-state index in [1.807, 2.05) is 12.1 Å². The van der Waals surface area contributed by atoms with E-state index in [-0.39, 0.29) is 18.2 Å². The van der Waals surface area contributed by atoms with E-state index >= 15 is 0 Å². The fraction of sp³-hybridized carbons (Fsp3) is 0.308. The van der Waals surface area contributed by atoms with Crippen LogP contribution in [0, 0.1) is 0 Å². The van der Waals surface area contributed by atoms with E-state index in [0.717, 1.165) is 4.47 Å². The molecular weight excluding hydrogens is 342 g/mol. The van der Waals surface area contributed by atoms with Crippen LogP contribution in [0.5, 0.6) is 0 Å². The SMILES string of the molecule is CN=C1SC(C(=O)Nc2ccc(Br)cc2)CC(=O)N1C. The van der Waals surface area contributed by atoms with Gasteiger partial charge in [-0.15, -0.1) is 0 Å². The molecule has 2 amide bonds. The van der Waals surface area contributed by atoms with Gasteiger partial charge in [0, 0.05) is 30.7 Å². The van der Waals surface area contributed by atoms with Crippen LogP contribution in [0.25, 0.3) is 0 Å². The first-order valence-corrected chi connectivity index (χ1v) is 7.65. The minimum absolute atomic E-state index is 0.0969. The molecule has 1 aliphatic heterocycles. The van der Waals surface area contributed by atoms with Crippen LogP contribution in [0.1, 0.15) is 6.42 Å². The van der Waals surface area contributed by atoms with Crippen molar-refractivity contribution in [1.29, 1.82) is 0 Å².